The van der Waals surface area contributed by atoms with Gasteiger partial charge in [0, 0.05) is 12.1 Å². The summed E-state index contributed by atoms with van der Waals surface area (Å²) in [5, 5.41) is 10.9. The average molecular weight is 253 g/mol. The van der Waals surface area contributed by atoms with Crippen LogP contribution >= 0.6 is 0 Å². The molecule has 0 saturated carbocycles. The lowest BCUT2D eigenvalue weighted by molar-refractivity contribution is -0.605. The highest BCUT2D eigenvalue weighted by atomic mass is 16.5. The first kappa shape index (κ1) is 13.3. The summed E-state index contributed by atoms with van der Waals surface area (Å²) in [7, 11) is 0. The molecule has 2 heteroatoms. The summed E-state index contributed by atoms with van der Waals surface area (Å²) in [4.78, 5) is 0. The first-order valence-corrected chi connectivity index (χ1v) is 6.43. The molecular weight excluding hydrogens is 234 g/mol. The average Bonchev–Trinajstić information content (AvgIpc) is 2.37. The van der Waals surface area contributed by atoms with E-state index in [0.717, 1.165) is 15.9 Å². The van der Waals surface area contributed by atoms with E-state index in [-0.39, 0.29) is 5.41 Å². The maximum absolute atomic E-state index is 10.9. The van der Waals surface area contributed by atoms with Crippen molar-refractivity contribution >= 4 is 12.2 Å². The molecular formula is C17H19NO. The molecule has 98 valence electrons. The normalized spacial score (nSPS) is 11.9. The number of hydrogen-bond acceptors (Lipinski definition) is 1. The fraction of sp³-hybridized carbons (Fsp3) is 0.235. The van der Waals surface area contributed by atoms with Crippen molar-refractivity contribution in [3.63, 3.8) is 0 Å². The molecule has 2 nitrogen and oxygen atoms in total. The Kier molecular flexibility index (Phi) is 3.70. The molecule has 2 rings (SSSR count). The van der Waals surface area contributed by atoms with Gasteiger partial charge in [0.1, 0.15) is 0 Å². The number of rotatable bonds is 2. The summed E-state index contributed by atoms with van der Waals surface area (Å²) in [6, 6.07) is 12.2. The molecule has 0 fully saturated rings. The van der Waals surface area contributed by atoms with E-state index < -0.39 is 0 Å². The van der Waals surface area contributed by atoms with Gasteiger partial charge in [-0.2, -0.15) is 4.73 Å². The van der Waals surface area contributed by atoms with Gasteiger partial charge < -0.3 is 5.21 Å². The highest BCUT2D eigenvalue weighted by molar-refractivity contribution is 5.69. The van der Waals surface area contributed by atoms with Crippen LogP contribution in [-0.2, 0) is 5.41 Å². The number of pyridine rings is 1. The van der Waals surface area contributed by atoms with Crippen LogP contribution in [0.5, 0.6) is 0 Å². The molecule has 0 N–H and O–H groups in total. The van der Waals surface area contributed by atoms with Crippen molar-refractivity contribution in [2.45, 2.75) is 26.2 Å². The predicted octanol–water partition coefficient (Wildman–Crippen LogP) is 3.79. The minimum Gasteiger partial charge on any atom is -0.619 e. The molecule has 1 aromatic carbocycles. The molecule has 0 spiro atoms. The zero-order valence-corrected chi connectivity index (χ0v) is 11.6. The van der Waals surface area contributed by atoms with Crippen molar-refractivity contribution in [3.05, 3.63) is 70.7 Å². The Hall–Kier alpha value is -2.09. The fourth-order valence-corrected chi connectivity index (χ4v) is 1.82. The minimum absolute atomic E-state index is 0.184. The Morgan fingerprint density at radius 1 is 0.842 bits per heavy atom. The molecule has 0 unspecified atom stereocenters. The van der Waals surface area contributed by atoms with Gasteiger partial charge in [0.05, 0.1) is 0 Å². The van der Waals surface area contributed by atoms with Gasteiger partial charge in [0.15, 0.2) is 12.4 Å². The van der Waals surface area contributed by atoms with Gasteiger partial charge >= 0.3 is 0 Å². The molecule has 0 aliphatic heterocycles. The molecule has 0 aliphatic carbocycles. The summed E-state index contributed by atoms with van der Waals surface area (Å²) >= 11 is 0. The zero-order valence-electron chi connectivity index (χ0n) is 11.6. The predicted molar refractivity (Wildman–Crippen MR) is 79.5 cm³/mol. The van der Waals surface area contributed by atoms with E-state index in [1.807, 2.05) is 6.08 Å². The standard InChI is InChI=1S/C17H19NO/c1-17(2,3)16-8-6-14(7-9-16)4-5-15-10-12-18(19)13-11-15/h4-13H,1-3H3/b5-4+. The molecule has 0 aliphatic rings. The Morgan fingerprint density at radius 2 is 1.32 bits per heavy atom. The maximum atomic E-state index is 10.9. The van der Waals surface area contributed by atoms with Gasteiger partial charge in [-0.25, -0.2) is 0 Å². The second kappa shape index (κ2) is 5.27. The molecule has 0 amide bonds. The SMILES string of the molecule is CC(C)(C)c1ccc(/C=C/c2cc[n+]([O-])cc2)cc1. The van der Waals surface area contributed by atoms with Gasteiger partial charge in [-0.1, -0.05) is 57.2 Å². The highest BCUT2D eigenvalue weighted by Crippen LogP contribution is 2.22. The van der Waals surface area contributed by atoms with E-state index >= 15 is 0 Å². The molecule has 2 aromatic rings. The van der Waals surface area contributed by atoms with Crippen LogP contribution in [0.1, 0.15) is 37.5 Å². The van der Waals surface area contributed by atoms with Gasteiger partial charge in [-0.3, -0.25) is 0 Å². The third kappa shape index (κ3) is 3.68. The minimum atomic E-state index is 0.184. The fourth-order valence-electron chi connectivity index (χ4n) is 1.82. The van der Waals surface area contributed by atoms with Crippen LogP contribution in [-0.4, -0.2) is 0 Å². The third-order valence-electron chi connectivity index (χ3n) is 3.07. The third-order valence-corrected chi connectivity index (χ3v) is 3.07. The Morgan fingerprint density at radius 3 is 1.79 bits per heavy atom. The first-order chi connectivity index (χ1) is 8.95. The van der Waals surface area contributed by atoms with Gasteiger partial charge in [-0.05, 0) is 22.1 Å². The van der Waals surface area contributed by atoms with Crippen LogP contribution in [0.25, 0.3) is 12.2 Å². The Bertz CT molecular complexity index is 560. The second-order valence-corrected chi connectivity index (χ2v) is 5.70. The van der Waals surface area contributed by atoms with Crippen molar-refractivity contribution in [1.29, 1.82) is 0 Å². The first-order valence-electron chi connectivity index (χ1n) is 6.43. The summed E-state index contributed by atoms with van der Waals surface area (Å²) in [6.45, 7) is 6.62. The van der Waals surface area contributed by atoms with E-state index in [1.165, 1.54) is 18.0 Å². The van der Waals surface area contributed by atoms with Crippen LogP contribution < -0.4 is 4.73 Å². The van der Waals surface area contributed by atoms with E-state index in [0.29, 0.717) is 0 Å². The Labute approximate surface area is 114 Å². The smallest absolute Gasteiger partial charge is 0.180 e. The maximum Gasteiger partial charge on any atom is 0.180 e. The van der Waals surface area contributed by atoms with Crippen molar-refractivity contribution in [2.24, 2.45) is 0 Å². The molecule has 1 heterocycles. The van der Waals surface area contributed by atoms with Gasteiger partial charge in [0.25, 0.3) is 0 Å². The quantitative estimate of drug-likeness (QED) is 0.591. The number of hydrogen-bond donors (Lipinski definition) is 0. The zero-order chi connectivity index (χ0) is 13.9. The summed E-state index contributed by atoms with van der Waals surface area (Å²) < 4.78 is 0.787. The monoisotopic (exact) mass is 253 g/mol. The molecule has 0 saturated heterocycles. The van der Waals surface area contributed by atoms with Crippen LogP contribution in [0.3, 0.4) is 0 Å². The van der Waals surface area contributed by atoms with E-state index in [2.05, 4.69) is 51.1 Å². The van der Waals surface area contributed by atoms with Crippen LogP contribution in [0.4, 0.5) is 0 Å². The summed E-state index contributed by atoms with van der Waals surface area (Å²) in [6.07, 6.45) is 7.06. The highest BCUT2D eigenvalue weighted by Gasteiger charge is 2.12. The number of benzene rings is 1. The van der Waals surface area contributed by atoms with E-state index in [9.17, 15) is 5.21 Å². The molecule has 1 aromatic heterocycles. The number of nitrogens with zero attached hydrogens (tertiary/aromatic N) is 1. The van der Waals surface area contributed by atoms with Crippen molar-refractivity contribution in [1.82, 2.24) is 0 Å². The topological polar surface area (TPSA) is 26.9 Å². The van der Waals surface area contributed by atoms with Crippen LogP contribution in [0.15, 0.2) is 48.8 Å². The molecule has 0 bridgehead atoms. The number of aromatic nitrogens is 1. The lowest BCUT2D eigenvalue weighted by atomic mass is 9.87. The molecule has 0 radical (unpaired) electrons. The Balaban J connectivity index is 2.13. The molecule has 0 atom stereocenters. The molecule has 19 heavy (non-hydrogen) atoms. The van der Waals surface area contributed by atoms with Crippen molar-refractivity contribution < 1.29 is 4.73 Å². The second-order valence-electron chi connectivity index (χ2n) is 5.70. The summed E-state index contributed by atoms with van der Waals surface area (Å²) in [5.41, 5.74) is 3.69. The lowest BCUT2D eigenvalue weighted by Gasteiger charge is -2.18. The lowest BCUT2D eigenvalue weighted by Crippen LogP contribution is -2.23. The van der Waals surface area contributed by atoms with Gasteiger partial charge in [0.2, 0.25) is 0 Å². The summed E-state index contributed by atoms with van der Waals surface area (Å²) in [5.74, 6) is 0. The van der Waals surface area contributed by atoms with Crippen molar-refractivity contribution in [2.75, 3.05) is 0 Å². The van der Waals surface area contributed by atoms with Crippen molar-refractivity contribution in [3.8, 4) is 0 Å². The van der Waals surface area contributed by atoms with E-state index in [1.54, 1.807) is 12.1 Å². The largest absolute Gasteiger partial charge is 0.619 e. The van der Waals surface area contributed by atoms with Crippen LogP contribution in [0.2, 0.25) is 0 Å². The van der Waals surface area contributed by atoms with E-state index in [4.69, 9.17) is 0 Å². The van der Waals surface area contributed by atoms with Crippen LogP contribution in [0, 0.1) is 5.21 Å². The van der Waals surface area contributed by atoms with Gasteiger partial charge in [-0.15, -0.1) is 0 Å².